The second-order valence-electron chi connectivity index (χ2n) is 6.31. The first-order valence-corrected chi connectivity index (χ1v) is 8.89. The Balaban J connectivity index is 1.85. The van der Waals surface area contributed by atoms with E-state index in [0.717, 1.165) is 37.1 Å². The van der Waals surface area contributed by atoms with E-state index in [1.165, 1.54) is 6.07 Å². The van der Waals surface area contributed by atoms with E-state index in [-0.39, 0.29) is 17.2 Å². The van der Waals surface area contributed by atoms with Gasteiger partial charge in [-0.1, -0.05) is 6.07 Å². The van der Waals surface area contributed by atoms with Gasteiger partial charge in [-0.25, -0.2) is 12.8 Å². The summed E-state index contributed by atoms with van der Waals surface area (Å²) in [6.07, 6.45) is 1.52. The summed E-state index contributed by atoms with van der Waals surface area (Å²) in [5.74, 6) is 0.591. The lowest BCUT2D eigenvalue weighted by molar-refractivity contribution is 0.0922. The lowest BCUT2D eigenvalue weighted by atomic mass is 9.66. The Kier molecular flexibility index (Phi) is 3.37. The molecule has 2 heterocycles. The predicted molar refractivity (Wildman–Crippen MR) is 76.9 cm³/mol. The number of benzene rings is 1. The molecule has 3 rings (SSSR count). The van der Waals surface area contributed by atoms with Gasteiger partial charge in [-0.3, -0.25) is 0 Å². The zero-order valence-corrected chi connectivity index (χ0v) is 12.5. The van der Waals surface area contributed by atoms with Gasteiger partial charge in [0.1, 0.15) is 5.82 Å². The highest BCUT2D eigenvalue weighted by atomic mass is 32.2. The molecule has 0 radical (unpaired) electrons. The molecule has 0 saturated carbocycles. The van der Waals surface area contributed by atoms with Crippen LogP contribution >= 0.6 is 0 Å². The van der Waals surface area contributed by atoms with Crippen LogP contribution in [0.4, 0.5) is 4.39 Å². The van der Waals surface area contributed by atoms with Gasteiger partial charge in [-0.2, -0.15) is 0 Å². The van der Waals surface area contributed by atoms with E-state index in [9.17, 15) is 12.8 Å². The van der Waals surface area contributed by atoms with Crippen molar-refractivity contribution in [2.24, 2.45) is 11.3 Å². The number of hydrogen-bond acceptors (Lipinski definition) is 3. The molecule has 1 unspecified atom stereocenters. The second kappa shape index (κ2) is 4.81. The van der Waals surface area contributed by atoms with Crippen molar-refractivity contribution >= 4 is 9.84 Å². The summed E-state index contributed by atoms with van der Waals surface area (Å²) in [5.41, 5.74) is 2.08. The topological polar surface area (TPSA) is 46.2 Å². The van der Waals surface area contributed by atoms with Crippen molar-refractivity contribution < 1.29 is 12.8 Å². The third-order valence-corrected chi connectivity index (χ3v) is 6.67. The van der Waals surface area contributed by atoms with Gasteiger partial charge in [0, 0.05) is 18.5 Å². The highest BCUT2D eigenvalue weighted by molar-refractivity contribution is 7.91. The molecule has 5 heteroatoms. The van der Waals surface area contributed by atoms with Crippen LogP contribution in [0.1, 0.15) is 17.5 Å². The lowest BCUT2D eigenvalue weighted by Crippen LogP contribution is -2.59. The number of nitrogens with one attached hydrogen (secondary N) is 1. The average Bonchev–Trinajstić information content (AvgIpc) is 2.69. The Morgan fingerprint density at radius 1 is 1.40 bits per heavy atom. The van der Waals surface area contributed by atoms with Crippen LogP contribution in [0.15, 0.2) is 18.2 Å². The van der Waals surface area contributed by atoms with Crippen molar-refractivity contribution in [1.82, 2.24) is 5.32 Å². The fourth-order valence-corrected chi connectivity index (χ4v) is 5.44. The SMILES string of the molecule is Cc1ccc(F)cc1CC1(C2CCS(=O)(=O)C2)CNC1. The number of aryl methyl sites for hydroxylation is 1. The lowest BCUT2D eigenvalue weighted by Gasteiger charge is -2.47. The summed E-state index contributed by atoms with van der Waals surface area (Å²) in [4.78, 5) is 0. The summed E-state index contributed by atoms with van der Waals surface area (Å²) in [6.45, 7) is 3.66. The van der Waals surface area contributed by atoms with E-state index in [1.54, 1.807) is 12.1 Å². The van der Waals surface area contributed by atoms with Crippen LogP contribution in [0.25, 0.3) is 0 Å². The molecule has 1 aromatic carbocycles. The zero-order chi connectivity index (χ0) is 14.4. The van der Waals surface area contributed by atoms with E-state index in [1.807, 2.05) is 6.92 Å². The molecule has 2 aliphatic heterocycles. The van der Waals surface area contributed by atoms with Gasteiger partial charge < -0.3 is 5.32 Å². The van der Waals surface area contributed by atoms with E-state index in [0.29, 0.717) is 11.5 Å². The molecule has 1 atom stereocenters. The van der Waals surface area contributed by atoms with Crippen molar-refractivity contribution in [3.63, 3.8) is 0 Å². The molecule has 1 aromatic rings. The summed E-state index contributed by atoms with van der Waals surface area (Å²) in [5, 5.41) is 3.27. The van der Waals surface area contributed by atoms with Gasteiger partial charge in [0.15, 0.2) is 9.84 Å². The highest BCUT2D eigenvalue weighted by Crippen LogP contribution is 2.42. The van der Waals surface area contributed by atoms with Crippen molar-refractivity contribution in [3.05, 3.63) is 35.1 Å². The molecule has 0 aliphatic carbocycles. The maximum Gasteiger partial charge on any atom is 0.150 e. The largest absolute Gasteiger partial charge is 0.315 e. The number of sulfone groups is 1. The van der Waals surface area contributed by atoms with Crippen LogP contribution in [-0.4, -0.2) is 33.0 Å². The van der Waals surface area contributed by atoms with E-state index >= 15 is 0 Å². The quantitative estimate of drug-likeness (QED) is 0.924. The highest BCUT2D eigenvalue weighted by Gasteiger charge is 2.48. The second-order valence-corrected chi connectivity index (χ2v) is 8.54. The Morgan fingerprint density at radius 3 is 2.70 bits per heavy atom. The third kappa shape index (κ3) is 2.49. The molecular weight excluding hydrogens is 277 g/mol. The zero-order valence-electron chi connectivity index (χ0n) is 11.7. The number of halogens is 1. The summed E-state index contributed by atoms with van der Waals surface area (Å²) >= 11 is 0. The van der Waals surface area contributed by atoms with Crippen molar-refractivity contribution in [1.29, 1.82) is 0 Å². The summed E-state index contributed by atoms with van der Waals surface area (Å²) in [7, 11) is -2.87. The van der Waals surface area contributed by atoms with Gasteiger partial charge in [0.2, 0.25) is 0 Å². The molecule has 20 heavy (non-hydrogen) atoms. The van der Waals surface area contributed by atoms with Gasteiger partial charge in [0.05, 0.1) is 11.5 Å². The van der Waals surface area contributed by atoms with Crippen LogP contribution in [-0.2, 0) is 16.3 Å². The predicted octanol–water partition coefficient (Wildman–Crippen LogP) is 1.70. The molecule has 0 aromatic heterocycles. The standard InChI is InChI=1S/C15H20FNO2S/c1-11-2-3-14(16)6-12(11)7-15(9-17-10-15)13-4-5-20(18,19)8-13/h2-3,6,13,17H,4-5,7-10H2,1H3. The Morgan fingerprint density at radius 2 is 2.15 bits per heavy atom. The van der Waals surface area contributed by atoms with Crippen molar-refractivity contribution in [2.45, 2.75) is 19.8 Å². The summed E-state index contributed by atoms with van der Waals surface area (Å²) < 4.78 is 36.9. The monoisotopic (exact) mass is 297 g/mol. The van der Waals surface area contributed by atoms with Crippen LogP contribution in [0.5, 0.6) is 0 Å². The fourth-order valence-electron chi connectivity index (χ4n) is 3.49. The summed E-state index contributed by atoms with van der Waals surface area (Å²) in [6, 6.07) is 4.87. The molecule has 0 spiro atoms. The Labute approximate surface area is 119 Å². The molecule has 3 nitrogen and oxygen atoms in total. The smallest absolute Gasteiger partial charge is 0.150 e. The maximum absolute atomic E-state index is 13.4. The first kappa shape index (κ1) is 14.0. The van der Waals surface area contributed by atoms with Gasteiger partial charge in [-0.15, -0.1) is 0 Å². The molecule has 0 amide bonds. The molecule has 2 fully saturated rings. The maximum atomic E-state index is 13.4. The molecule has 1 N–H and O–H groups in total. The molecular formula is C15H20FNO2S. The van der Waals surface area contributed by atoms with Crippen LogP contribution in [0.2, 0.25) is 0 Å². The molecule has 110 valence electrons. The van der Waals surface area contributed by atoms with Crippen LogP contribution < -0.4 is 5.32 Å². The minimum absolute atomic E-state index is 0.0118. The van der Waals surface area contributed by atoms with Crippen molar-refractivity contribution in [2.75, 3.05) is 24.6 Å². The normalized spacial score (nSPS) is 27.2. The minimum Gasteiger partial charge on any atom is -0.315 e. The Bertz CT molecular complexity index is 623. The first-order valence-electron chi connectivity index (χ1n) is 7.06. The molecule has 2 saturated heterocycles. The average molecular weight is 297 g/mol. The Hall–Kier alpha value is -0.940. The van der Waals surface area contributed by atoms with Crippen molar-refractivity contribution in [3.8, 4) is 0 Å². The molecule has 0 bridgehead atoms. The van der Waals surface area contributed by atoms with E-state index < -0.39 is 9.84 Å². The number of hydrogen-bond donors (Lipinski definition) is 1. The number of rotatable bonds is 3. The van der Waals surface area contributed by atoms with Gasteiger partial charge >= 0.3 is 0 Å². The van der Waals surface area contributed by atoms with E-state index in [2.05, 4.69) is 5.32 Å². The van der Waals surface area contributed by atoms with Gasteiger partial charge in [-0.05, 0) is 48.9 Å². The van der Waals surface area contributed by atoms with Gasteiger partial charge in [0.25, 0.3) is 0 Å². The van der Waals surface area contributed by atoms with Crippen LogP contribution in [0, 0.1) is 24.1 Å². The van der Waals surface area contributed by atoms with Crippen LogP contribution in [0.3, 0.4) is 0 Å². The molecule has 2 aliphatic rings. The minimum atomic E-state index is -2.87. The first-order chi connectivity index (χ1) is 9.40. The third-order valence-electron chi connectivity index (χ3n) is 4.91. The fraction of sp³-hybridized carbons (Fsp3) is 0.600. The van der Waals surface area contributed by atoms with E-state index in [4.69, 9.17) is 0 Å².